The van der Waals surface area contributed by atoms with E-state index in [4.69, 9.17) is 23.2 Å². The summed E-state index contributed by atoms with van der Waals surface area (Å²) in [6, 6.07) is 6.36. The van der Waals surface area contributed by atoms with Crippen LogP contribution in [-0.4, -0.2) is 17.8 Å². The lowest BCUT2D eigenvalue weighted by Crippen LogP contribution is -2.40. The molecule has 0 saturated heterocycles. The molecule has 3 amide bonds. The number of urea groups is 1. The van der Waals surface area contributed by atoms with Gasteiger partial charge in [0.15, 0.2) is 0 Å². The van der Waals surface area contributed by atoms with E-state index in [9.17, 15) is 9.59 Å². The molecule has 0 heterocycles. The number of hydrogen-bond acceptors (Lipinski definition) is 2. The number of carbonyl (C=O) groups excluding carboxylic acids is 2. The summed E-state index contributed by atoms with van der Waals surface area (Å²) in [6.07, 6.45) is 0.115. The van der Waals surface area contributed by atoms with Gasteiger partial charge in [-0.2, -0.15) is 0 Å². The van der Waals surface area contributed by atoms with E-state index in [1.807, 2.05) is 19.1 Å². The Morgan fingerprint density at radius 3 is 2.44 bits per heavy atom. The second-order valence-corrected chi connectivity index (χ2v) is 4.55. The molecule has 2 N–H and O–H groups in total. The number of alkyl halides is 1. The van der Waals surface area contributed by atoms with E-state index >= 15 is 0 Å². The number of rotatable bonds is 4. The highest BCUT2D eigenvalue weighted by Gasteiger charge is 2.11. The molecule has 98 valence electrons. The number of nitrogens with one attached hydrogen (secondary N) is 2. The summed E-state index contributed by atoms with van der Waals surface area (Å²) in [4.78, 5) is 22.6. The van der Waals surface area contributed by atoms with Gasteiger partial charge in [0.1, 0.15) is 0 Å². The Bertz CT molecular complexity index is 421. The van der Waals surface area contributed by atoms with Gasteiger partial charge in [0.2, 0.25) is 5.91 Å². The van der Waals surface area contributed by atoms with Crippen LogP contribution in [0.1, 0.15) is 24.9 Å². The van der Waals surface area contributed by atoms with Crippen molar-refractivity contribution in [3.05, 3.63) is 34.9 Å². The number of hydrogen-bond donors (Lipinski definition) is 2. The molecule has 1 rings (SSSR count). The molecule has 0 aliphatic carbocycles. The first-order valence-corrected chi connectivity index (χ1v) is 6.36. The molecule has 1 atom stereocenters. The molecule has 1 unspecified atom stereocenters. The minimum absolute atomic E-state index is 0.115. The molecule has 0 aromatic heterocycles. The van der Waals surface area contributed by atoms with Gasteiger partial charge in [0, 0.05) is 17.3 Å². The van der Waals surface area contributed by atoms with Crippen molar-refractivity contribution in [2.45, 2.75) is 19.4 Å². The smallest absolute Gasteiger partial charge is 0.321 e. The van der Waals surface area contributed by atoms with Crippen molar-refractivity contribution < 1.29 is 9.59 Å². The molecule has 0 spiro atoms. The second-order valence-electron chi connectivity index (χ2n) is 3.73. The summed E-state index contributed by atoms with van der Waals surface area (Å²) < 4.78 is 0. The summed E-state index contributed by atoms with van der Waals surface area (Å²) in [5.41, 5.74) is 0.902. The third-order valence-electron chi connectivity index (χ3n) is 2.29. The van der Waals surface area contributed by atoms with E-state index in [0.717, 1.165) is 5.56 Å². The minimum atomic E-state index is -0.535. The first kappa shape index (κ1) is 14.8. The van der Waals surface area contributed by atoms with Crippen molar-refractivity contribution in [3.63, 3.8) is 0 Å². The lowest BCUT2D eigenvalue weighted by atomic mass is 10.1. The van der Waals surface area contributed by atoms with Crippen molar-refractivity contribution >= 4 is 35.1 Å². The maximum atomic E-state index is 11.5. The van der Waals surface area contributed by atoms with E-state index in [0.29, 0.717) is 5.02 Å². The van der Waals surface area contributed by atoms with Crippen LogP contribution in [0.15, 0.2) is 24.3 Å². The maximum absolute atomic E-state index is 11.5. The first-order chi connectivity index (χ1) is 8.52. The fourth-order valence-electron chi connectivity index (χ4n) is 1.34. The monoisotopic (exact) mass is 288 g/mol. The molecule has 18 heavy (non-hydrogen) atoms. The van der Waals surface area contributed by atoms with E-state index in [-0.39, 0.29) is 18.3 Å². The molecule has 0 saturated carbocycles. The van der Waals surface area contributed by atoms with Crippen molar-refractivity contribution in [1.29, 1.82) is 0 Å². The zero-order chi connectivity index (χ0) is 13.5. The Balaban J connectivity index is 2.49. The number of amides is 3. The van der Waals surface area contributed by atoms with Crippen molar-refractivity contribution in [1.82, 2.24) is 10.6 Å². The van der Waals surface area contributed by atoms with E-state index in [1.54, 1.807) is 12.1 Å². The number of imide groups is 1. The van der Waals surface area contributed by atoms with E-state index in [1.165, 1.54) is 0 Å². The van der Waals surface area contributed by atoms with Crippen LogP contribution in [-0.2, 0) is 4.79 Å². The predicted octanol–water partition coefficient (Wildman–Crippen LogP) is 2.86. The zero-order valence-corrected chi connectivity index (χ0v) is 11.4. The highest BCUT2D eigenvalue weighted by atomic mass is 35.5. The molecular formula is C12H14Cl2N2O2. The average Bonchev–Trinajstić information content (AvgIpc) is 2.29. The molecular weight excluding hydrogens is 275 g/mol. The number of carbonyl (C=O) groups is 2. The quantitative estimate of drug-likeness (QED) is 0.837. The van der Waals surface area contributed by atoms with Gasteiger partial charge in [0.05, 0.1) is 6.04 Å². The lowest BCUT2D eigenvalue weighted by molar-refractivity contribution is -0.119. The van der Waals surface area contributed by atoms with Gasteiger partial charge in [0.25, 0.3) is 0 Å². The largest absolute Gasteiger partial charge is 0.331 e. The summed E-state index contributed by atoms with van der Waals surface area (Å²) in [6.45, 7) is 1.81. The van der Waals surface area contributed by atoms with Gasteiger partial charge in [-0.15, -0.1) is 11.6 Å². The number of benzene rings is 1. The fourth-order valence-corrected chi connectivity index (χ4v) is 1.64. The van der Waals surface area contributed by atoms with Gasteiger partial charge in [-0.1, -0.05) is 23.7 Å². The molecule has 0 fully saturated rings. The molecule has 4 nitrogen and oxygen atoms in total. The topological polar surface area (TPSA) is 58.2 Å². The third kappa shape index (κ3) is 4.94. The van der Waals surface area contributed by atoms with Gasteiger partial charge >= 0.3 is 6.03 Å². The maximum Gasteiger partial charge on any atom is 0.321 e. The normalized spacial score (nSPS) is 11.7. The van der Waals surface area contributed by atoms with Gasteiger partial charge in [-0.05, 0) is 24.6 Å². The first-order valence-electron chi connectivity index (χ1n) is 5.44. The van der Waals surface area contributed by atoms with Crippen LogP contribution < -0.4 is 10.6 Å². The van der Waals surface area contributed by atoms with Crippen LogP contribution in [0, 0.1) is 0 Å². The third-order valence-corrected chi connectivity index (χ3v) is 2.73. The Morgan fingerprint density at radius 2 is 1.89 bits per heavy atom. The molecule has 1 aromatic carbocycles. The van der Waals surface area contributed by atoms with Crippen LogP contribution in [0.5, 0.6) is 0 Å². The highest BCUT2D eigenvalue weighted by molar-refractivity contribution is 6.30. The van der Waals surface area contributed by atoms with E-state index in [2.05, 4.69) is 10.6 Å². The molecule has 0 bridgehead atoms. The fraction of sp³-hybridized carbons (Fsp3) is 0.333. The zero-order valence-electron chi connectivity index (χ0n) is 9.87. The Morgan fingerprint density at radius 1 is 1.28 bits per heavy atom. The van der Waals surface area contributed by atoms with Gasteiger partial charge in [-0.25, -0.2) is 4.79 Å². The van der Waals surface area contributed by atoms with Gasteiger partial charge in [-0.3, -0.25) is 10.1 Å². The molecule has 6 heteroatoms. The van der Waals surface area contributed by atoms with Crippen LogP contribution in [0.25, 0.3) is 0 Å². The second kappa shape index (κ2) is 7.24. The van der Waals surface area contributed by atoms with Crippen LogP contribution in [0.2, 0.25) is 5.02 Å². The van der Waals surface area contributed by atoms with Crippen molar-refractivity contribution in [3.8, 4) is 0 Å². The summed E-state index contributed by atoms with van der Waals surface area (Å²) in [7, 11) is 0. The Hall–Kier alpha value is -1.26. The predicted molar refractivity (Wildman–Crippen MR) is 71.9 cm³/mol. The minimum Gasteiger partial charge on any atom is -0.331 e. The van der Waals surface area contributed by atoms with Crippen LogP contribution >= 0.6 is 23.2 Å². The Labute approximate surface area is 116 Å². The molecule has 1 aromatic rings. The number of halogens is 2. The summed E-state index contributed by atoms with van der Waals surface area (Å²) >= 11 is 11.2. The molecule has 0 aliphatic rings. The standard InChI is InChI=1S/C12H14Cl2N2O2/c1-8(9-2-4-10(14)5-3-9)15-12(18)16-11(17)6-7-13/h2-5,8H,6-7H2,1H3,(H2,15,16,17,18). The van der Waals surface area contributed by atoms with Crippen LogP contribution in [0.3, 0.4) is 0 Å². The Kier molecular flexibility index (Phi) is 5.95. The average molecular weight is 289 g/mol. The van der Waals surface area contributed by atoms with Crippen molar-refractivity contribution in [2.24, 2.45) is 0 Å². The van der Waals surface area contributed by atoms with E-state index < -0.39 is 11.9 Å². The van der Waals surface area contributed by atoms with Gasteiger partial charge < -0.3 is 5.32 Å². The van der Waals surface area contributed by atoms with Crippen LogP contribution in [0.4, 0.5) is 4.79 Å². The highest BCUT2D eigenvalue weighted by Crippen LogP contribution is 2.15. The SMILES string of the molecule is CC(NC(=O)NC(=O)CCCl)c1ccc(Cl)cc1. The lowest BCUT2D eigenvalue weighted by Gasteiger charge is -2.14. The molecule has 0 radical (unpaired) electrons. The van der Waals surface area contributed by atoms with Crippen molar-refractivity contribution in [2.75, 3.05) is 5.88 Å². The summed E-state index contributed by atoms with van der Waals surface area (Å²) in [5.74, 6) is -0.211. The summed E-state index contributed by atoms with van der Waals surface area (Å²) in [5, 5.41) is 5.47. The molecule has 0 aliphatic heterocycles.